The Labute approximate surface area is 164 Å². The smallest absolute Gasteiger partial charge is 0.261 e. The Kier molecular flexibility index (Phi) is 5.65. The molecule has 0 amide bonds. The molecule has 0 aliphatic rings. The van der Waals surface area contributed by atoms with Crippen LogP contribution in [-0.2, 0) is 16.4 Å². The van der Waals surface area contributed by atoms with Crippen LogP contribution < -0.4 is 10.0 Å². The van der Waals surface area contributed by atoms with E-state index < -0.39 is 15.8 Å². The molecule has 5 nitrogen and oxygen atoms in total. The number of pyridine rings is 1. The molecule has 3 rings (SSSR count). The van der Waals surface area contributed by atoms with Crippen LogP contribution in [0, 0.1) is 19.7 Å². The normalized spacial score (nSPS) is 11.3. The van der Waals surface area contributed by atoms with E-state index in [4.69, 9.17) is 0 Å². The second-order valence-electron chi connectivity index (χ2n) is 6.54. The van der Waals surface area contributed by atoms with Gasteiger partial charge in [-0.3, -0.25) is 4.72 Å². The highest BCUT2D eigenvalue weighted by Crippen LogP contribution is 2.25. The predicted octanol–water partition coefficient (Wildman–Crippen LogP) is 4.94. The summed E-state index contributed by atoms with van der Waals surface area (Å²) in [6.45, 7) is 5.63. The van der Waals surface area contributed by atoms with Crippen LogP contribution in [0.3, 0.4) is 0 Å². The minimum Gasteiger partial charge on any atom is -0.340 e. The van der Waals surface area contributed by atoms with Crippen LogP contribution in [0.5, 0.6) is 0 Å². The second kappa shape index (κ2) is 7.98. The molecule has 0 unspecified atom stereocenters. The highest BCUT2D eigenvalue weighted by atomic mass is 32.2. The van der Waals surface area contributed by atoms with Crippen LogP contribution in [0.1, 0.15) is 23.6 Å². The molecule has 0 atom stereocenters. The molecule has 2 N–H and O–H groups in total. The quantitative estimate of drug-likeness (QED) is 0.616. The van der Waals surface area contributed by atoms with Crippen LogP contribution in [-0.4, -0.2) is 13.4 Å². The van der Waals surface area contributed by atoms with Crippen molar-refractivity contribution in [2.45, 2.75) is 32.1 Å². The number of benzene rings is 2. The standard InChI is InChI=1S/C21H22FN3O2S/c1-4-16-7-5-6-14(2)21(16)24-20-11-8-17(13-23-20)25-28(26,27)18-9-10-19(22)15(3)12-18/h5-13,25H,4H2,1-3H3,(H,23,24). The molecule has 0 aliphatic carbocycles. The molecule has 3 aromatic rings. The zero-order chi connectivity index (χ0) is 20.3. The van der Waals surface area contributed by atoms with E-state index in [1.807, 2.05) is 19.1 Å². The summed E-state index contributed by atoms with van der Waals surface area (Å²) in [5.74, 6) is 0.170. The summed E-state index contributed by atoms with van der Waals surface area (Å²) < 4.78 is 40.8. The van der Waals surface area contributed by atoms with Gasteiger partial charge in [-0.1, -0.05) is 25.1 Å². The van der Waals surface area contributed by atoms with Crippen LogP contribution in [0.15, 0.2) is 59.6 Å². The van der Waals surface area contributed by atoms with Crippen LogP contribution in [0.25, 0.3) is 0 Å². The number of anilines is 3. The lowest BCUT2D eigenvalue weighted by Gasteiger charge is -2.14. The first-order chi connectivity index (χ1) is 13.3. The number of hydrogen-bond donors (Lipinski definition) is 2. The van der Waals surface area contributed by atoms with Crippen molar-refractivity contribution in [1.29, 1.82) is 0 Å². The first-order valence-corrected chi connectivity index (χ1v) is 10.4. The van der Waals surface area contributed by atoms with Gasteiger partial charge in [0.15, 0.2) is 0 Å². The number of nitrogens with one attached hydrogen (secondary N) is 2. The highest BCUT2D eigenvalue weighted by molar-refractivity contribution is 7.92. The molecule has 7 heteroatoms. The molecule has 28 heavy (non-hydrogen) atoms. The first kappa shape index (κ1) is 19.8. The van der Waals surface area contributed by atoms with E-state index in [0.717, 1.165) is 23.7 Å². The van der Waals surface area contributed by atoms with E-state index in [1.54, 1.807) is 12.1 Å². The molecule has 2 aromatic carbocycles. The number of aromatic nitrogens is 1. The third kappa shape index (κ3) is 4.31. The molecule has 0 fully saturated rings. The number of para-hydroxylation sites is 1. The van der Waals surface area contributed by atoms with Gasteiger partial charge in [-0.05, 0) is 67.3 Å². The van der Waals surface area contributed by atoms with Crippen molar-refractivity contribution < 1.29 is 12.8 Å². The maximum absolute atomic E-state index is 13.4. The van der Waals surface area contributed by atoms with Crippen LogP contribution >= 0.6 is 0 Å². The minimum absolute atomic E-state index is 0.00102. The summed E-state index contributed by atoms with van der Waals surface area (Å²) in [6.07, 6.45) is 2.33. The number of sulfonamides is 1. The predicted molar refractivity (Wildman–Crippen MR) is 110 cm³/mol. The van der Waals surface area contributed by atoms with Gasteiger partial charge in [0.05, 0.1) is 16.8 Å². The van der Waals surface area contributed by atoms with Gasteiger partial charge in [0, 0.05) is 5.69 Å². The van der Waals surface area contributed by atoms with E-state index in [9.17, 15) is 12.8 Å². The molecule has 0 saturated carbocycles. The Hall–Kier alpha value is -2.93. The Bertz CT molecular complexity index is 1100. The molecule has 0 aliphatic heterocycles. The van der Waals surface area contributed by atoms with Crippen molar-refractivity contribution >= 4 is 27.2 Å². The van der Waals surface area contributed by atoms with Crippen molar-refractivity contribution in [3.05, 3.63) is 77.2 Å². The zero-order valence-electron chi connectivity index (χ0n) is 16.0. The molecular weight excluding hydrogens is 377 g/mol. The molecule has 0 saturated heterocycles. The summed E-state index contributed by atoms with van der Waals surface area (Å²) >= 11 is 0. The van der Waals surface area contributed by atoms with Gasteiger partial charge in [-0.15, -0.1) is 0 Å². The van der Waals surface area contributed by atoms with Crippen LogP contribution in [0.4, 0.5) is 21.6 Å². The fourth-order valence-electron chi connectivity index (χ4n) is 2.86. The summed E-state index contributed by atoms with van der Waals surface area (Å²) in [6, 6.07) is 13.1. The van der Waals surface area contributed by atoms with E-state index in [2.05, 4.69) is 28.0 Å². The van der Waals surface area contributed by atoms with Crippen LogP contribution in [0.2, 0.25) is 0 Å². The molecule has 0 radical (unpaired) electrons. The van der Waals surface area contributed by atoms with Gasteiger partial charge in [0.25, 0.3) is 10.0 Å². The Morgan fingerprint density at radius 3 is 2.46 bits per heavy atom. The lowest BCUT2D eigenvalue weighted by Crippen LogP contribution is -2.13. The zero-order valence-corrected chi connectivity index (χ0v) is 16.8. The van der Waals surface area contributed by atoms with Crippen molar-refractivity contribution in [2.75, 3.05) is 10.0 Å². The summed E-state index contributed by atoms with van der Waals surface area (Å²) in [5, 5.41) is 3.30. The number of nitrogens with zero attached hydrogens (tertiary/aromatic N) is 1. The van der Waals surface area contributed by atoms with Gasteiger partial charge in [0.2, 0.25) is 0 Å². The molecule has 0 bridgehead atoms. The van der Waals surface area contributed by atoms with Crippen molar-refractivity contribution in [1.82, 2.24) is 4.98 Å². The molecule has 146 valence electrons. The molecule has 1 heterocycles. The van der Waals surface area contributed by atoms with Crippen molar-refractivity contribution in [3.8, 4) is 0 Å². The number of aryl methyl sites for hydroxylation is 3. The maximum Gasteiger partial charge on any atom is 0.261 e. The fraction of sp³-hybridized carbons (Fsp3) is 0.190. The van der Waals surface area contributed by atoms with E-state index in [0.29, 0.717) is 11.5 Å². The van der Waals surface area contributed by atoms with E-state index >= 15 is 0 Å². The third-order valence-electron chi connectivity index (χ3n) is 4.45. The third-order valence-corrected chi connectivity index (χ3v) is 5.83. The topological polar surface area (TPSA) is 71.1 Å². The average molecular weight is 399 g/mol. The lowest BCUT2D eigenvalue weighted by atomic mass is 10.1. The number of halogens is 1. The number of hydrogen-bond acceptors (Lipinski definition) is 4. The van der Waals surface area contributed by atoms with E-state index in [1.165, 1.54) is 30.8 Å². The second-order valence-corrected chi connectivity index (χ2v) is 8.22. The van der Waals surface area contributed by atoms with Crippen molar-refractivity contribution in [2.24, 2.45) is 0 Å². The molecule has 0 spiro atoms. The summed E-state index contributed by atoms with van der Waals surface area (Å²) in [7, 11) is -3.82. The van der Waals surface area contributed by atoms with Gasteiger partial charge in [-0.2, -0.15) is 0 Å². The monoisotopic (exact) mass is 399 g/mol. The lowest BCUT2D eigenvalue weighted by molar-refractivity contribution is 0.598. The molecular formula is C21H22FN3O2S. The average Bonchev–Trinajstić information content (AvgIpc) is 2.66. The highest BCUT2D eigenvalue weighted by Gasteiger charge is 2.16. The van der Waals surface area contributed by atoms with Crippen molar-refractivity contribution in [3.63, 3.8) is 0 Å². The SMILES string of the molecule is CCc1cccc(C)c1Nc1ccc(NS(=O)(=O)c2ccc(F)c(C)c2)cn1. The first-order valence-electron chi connectivity index (χ1n) is 8.90. The number of rotatable bonds is 6. The Balaban J connectivity index is 1.79. The molecule has 1 aromatic heterocycles. The summed E-state index contributed by atoms with van der Waals surface area (Å²) in [5.41, 5.74) is 3.89. The van der Waals surface area contributed by atoms with Gasteiger partial charge < -0.3 is 5.32 Å². The maximum atomic E-state index is 13.4. The Morgan fingerprint density at radius 1 is 1.04 bits per heavy atom. The Morgan fingerprint density at radius 2 is 1.82 bits per heavy atom. The largest absolute Gasteiger partial charge is 0.340 e. The van der Waals surface area contributed by atoms with Gasteiger partial charge in [-0.25, -0.2) is 17.8 Å². The van der Waals surface area contributed by atoms with Gasteiger partial charge in [0.1, 0.15) is 11.6 Å². The minimum atomic E-state index is -3.82. The van der Waals surface area contributed by atoms with Gasteiger partial charge >= 0.3 is 0 Å². The summed E-state index contributed by atoms with van der Waals surface area (Å²) in [4.78, 5) is 4.30. The fourth-order valence-corrected chi connectivity index (χ4v) is 3.98. The van der Waals surface area contributed by atoms with E-state index in [-0.39, 0.29) is 10.5 Å².